The molecule has 0 aliphatic heterocycles. The molecule has 0 spiro atoms. The van der Waals surface area contributed by atoms with Crippen molar-refractivity contribution in [2.75, 3.05) is 6.61 Å². The summed E-state index contributed by atoms with van der Waals surface area (Å²) in [6.45, 7) is 4.18. The molecule has 5 heteroatoms. The minimum absolute atomic E-state index is 0.365. The molecule has 0 bridgehead atoms. The van der Waals surface area contributed by atoms with Crippen LogP contribution in [-0.4, -0.2) is 46.1 Å². The second-order valence-electron chi connectivity index (χ2n) is 15.6. The smallest absolute Gasteiger partial charge is 0.249 e. The van der Waals surface area contributed by atoms with Crippen molar-refractivity contribution in [2.24, 2.45) is 0 Å². The van der Waals surface area contributed by atoms with Crippen LogP contribution in [0.2, 0.25) is 0 Å². The van der Waals surface area contributed by atoms with Crippen molar-refractivity contribution < 1.29 is 20.1 Å². The summed E-state index contributed by atoms with van der Waals surface area (Å²) in [6, 6.07) is -0.800. The average molecular weight is 720 g/mol. The second-order valence-corrected chi connectivity index (χ2v) is 15.6. The van der Waals surface area contributed by atoms with Crippen LogP contribution in [0.15, 0.2) is 24.3 Å². The highest BCUT2D eigenvalue weighted by molar-refractivity contribution is 5.80. The van der Waals surface area contributed by atoms with Crippen molar-refractivity contribution in [3.8, 4) is 0 Å². The Balaban J connectivity index is 3.65. The topological polar surface area (TPSA) is 89.8 Å². The summed E-state index contributed by atoms with van der Waals surface area (Å²) in [5.41, 5.74) is 0. The van der Waals surface area contributed by atoms with E-state index in [1.807, 2.05) is 6.08 Å². The molecule has 0 heterocycles. The number of aliphatic hydroxyl groups is 3. The first kappa shape index (κ1) is 49.8. The van der Waals surface area contributed by atoms with E-state index in [-0.39, 0.29) is 6.61 Å². The van der Waals surface area contributed by atoms with Crippen molar-refractivity contribution in [2.45, 2.75) is 257 Å². The lowest BCUT2D eigenvalue weighted by Gasteiger charge is -2.21. The van der Waals surface area contributed by atoms with E-state index < -0.39 is 24.2 Å². The standard InChI is InChI=1S/C46H89NO4/c1-3-5-7-9-11-13-15-17-19-20-21-22-23-24-25-27-28-30-32-34-36-38-40-44(49)43(42-48)47-46(51)45(50)41-39-37-35-33-31-29-26-18-16-14-12-10-8-6-4-2/h26,29,38,40,43-45,48-50H,3-25,27-28,30-37,39,41-42H2,1-2H3,(H,47,51)/b29-26-,40-38+. The van der Waals surface area contributed by atoms with Gasteiger partial charge in [0.05, 0.1) is 18.8 Å². The third-order valence-electron chi connectivity index (χ3n) is 10.5. The monoisotopic (exact) mass is 720 g/mol. The Morgan fingerprint density at radius 2 is 0.784 bits per heavy atom. The normalized spacial score (nSPS) is 13.7. The lowest BCUT2D eigenvalue weighted by atomic mass is 10.0. The molecule has 0 fully saturated rings. The number of hydrogen-bond acceptors (Lipinski definition) is 4. The van der Waals surface area contributed by atoms with Gasteiger partial charge < -0.3 is 20.6 Å². The van der Waals surface area contributed by atoms with E-state index >= 15 is 0 Å². The summed E-state index contributed by atoms with van der Waals surface area (Å²) >= 11 is 0. The molecule has 5 nitrogen and oxygen atoms in total. The molecule has 302 valence electrons. The molecule has 51 heavy (non-hydrogen) atoms. The van der Waals surface area contributed by atoms with Gasteiger partial charge in [-0.15, -0.1) is 0 Å². The van der Waals surface area contributed by atoms with Crippen LogP contribution < -0.4 is 5.32 Å². The molecule has 4 N–H and O–H groups in total. The summed E-state index contributed by atoms with van der Waals surface area (Å²) in [5, 5.41) is 33.1. The summed E-state index contributed by atoms with van der Waals surface area (Å²) in [5.74, 6) is -0.510. The van der Waals surface area contributed by atoms with Gasteiger partial charge in [-0.05, 0) is 44.9 Å². The Morgan fingerprint density at radius 3 is 1.14 bits per heavy atom. The SMILES string of the molecule is CCCCCCCCC/C=C\CCCCCCC(O)C(=O)NC(CO)C(O)/C=C/CCCCCCCCCCCCCCCCCCCCCC. The van der Waals surface area contributed by atoms with Gasteiger partial charge in [0.25, 0.3) is 0 Å². The first-order valence-electron chi connectivity index (χ1n) is 22.7. The van der Waals surface area contributed by atoms with Gasteiger partial charge >= 0.3 is 0 Å². The highest BCUT2D eigenvalue weighted by atomic mass is 16.3. The zero-order chi connectivity index (χ0) is 37.3. The van der Waals surface area contributed by atoms with E-state index in [9.17, 15) is 20.1 Å². The Hall–Kier alpha value is -1.17. The number of hydrogen-bond donors (Lipinski definition) is 4. The third kappa shape index (κ3) is 37.0. The van der Waals surface area contributed by atoms with Gasteiger partial charge in [0.15, 0.2) is 0 Å². The van der Waals surface area contributed by atoms with Crippen LogP contribution in [0, 0.1) is 0 Å². The third-order valence-corrected chi connectivity index (χ3v) is 10.5. The quantitative estimate of drug-likeness (QED) is 0.0374. The van der Waals surface area contributed by atoms with Gasteiger partial charge in [0.1, 0.15) is 6.10 Å². The average Bonchev–Trinajstić information content (AvgIpc) is 3.13. The van der Waals surface area contributed by atoms with Gasteiger partial charge in [-0.2, -0.15) is 0 Å². The van der Waals surface area contributed by atoms with Crippen LogP contribution in [-0.2, 0) is 4.79 Å². The number of aliphatic hydroxyl groups excluding tert-OH is 3. The fraction of sp³-hybridized carbons (Fsp3) is 0.891. The van der Waals surface area contributed by atoms with Crippen molar-refractivity contribution >= 4 is 5.91 Å². The molecule has 0 aromatic heterocycles. The molecule has 0 aromatic carbocycles. The highest BCUT2D eigenvalue weighted by Gasteiger charge is 2.22. The number of amides is 1. The van der Waals surface area contributed by atoms with Gasteiger partial charge in [-0.25, -0.2) is 0 Å². The molecular formula is C46H89NO4. The number of carbonyl (C=O) groups excluding carboxylic acids is 1. The van der Waals surface area contributed by atoms with E-state index in [0.29, 0.717) is 6.42 Å². The van der Waals surface area contributed by atoms with E-state index in [2.05, 4.69) is 31.3 Å². The Kier molecular flexibility index (Phi) is 40.6. The maximum Gasteiger partial charge on any atom is 0.249 e. The van der Waals surface area contributed by atoms with Crippen molar-refractivity contribution in [1.82, 2.24) is 5.32 Å². The van der Waals surface area contributed by atoms with Crippen LogP contribution in [0.4, 0.5) is 0 Å². The fourth-order valence-electron chi connectivity index (χ4n) is 6.94. The molecule has 0 saturated carbocycles. The van der Waals surface area contributed by atoms with E-state index in [0.717, 1.165) is 44.9 Å². The van der Waals surface area contributed by atoms with E-state index in [1.165, 1.54) is 173 Å². The molecule has 0 aromatic rings. The first-order valence-corrected chi connectivity index (χ1v) is 22.7. The number of unbranched alkanes of at least 4 members (excludes halogenated alkanes) is 31. The Labute approximate surface area is 318 Å². The molecule has 3 unspecified atom stereocenters. The molecule has 0 rings (SSSR count). The van der Waals surface area contributed by atoms with Crippen molar-refractivity contribution in [1.29, 1.82) is 0 Å². The molecule has 3 atom stereocenters. The minimum Gasteiger partial charge on any atom is -0.394 e. The van der Waals surface area contributed by atoms with Gasteiger partial charge in [-0.3, -0.25) is 4.79 Å². The molecule has 1 amide bonds. The number of allylic oxidation sites excluding steroid dienone is 3. The van der Waals surface area contributed by atoms with E-state index in [1.54, 1.807) is 6.08 Å². The number of carbonyl (C=O) groups is 1. The van der Waals surface area contributed by atoms with E-state index in [4.69, 9.17) is 0 Å². The zero-order valence-electron chi connectivity index (χ0n) is 34.2. The number of nitrogens with one attached hydrogen (secondary N) is 1. The largest absolute Gasteiger partial charge is 0.394 e. The van der Waals surface area contributed by atoms with Gasteiger partial charge in [-0.1, -0.05) is 218 Å². The van der Waals surface area contributed by atoms with Crippen LogP contribution in [0.3, 0.4) is 0 Å². The first-order chi connectivity index (χ1) is 25.1. The van der Waals surface area contributed by atoms with Crippen LogP contribution in [0.5, 0.6) is 0 Å². The van der Waals surface area contributed by atoms with Crippen molar-refractivity contribution in [3.05, 3.63) is 24.3 Å². The number of rotatable bonds is 41. The van der Waals surface area contributed by atoms with Gasteiger partial charge in [0.2, 0.25) is 5.91 Å². The predicted octanol–water partition coefficient (Wildman–Crippen LogP) is 13.0. The molecule has 0 aliphatic carbocycles. The second kappa shape index (κ2) is 41.6. The summed E-state index contributed by atoms with van der Waals surface area (Å²) < 4.78 is 0. The highest BCUT2D eigenvalue weighted by Crippen LogP contribution is 2.16. The maximum atomic E-state index is 12.5. The summed E-state index contributed by atoms with van der Waals surface area (Å²) in [4.78, 5) is 12.5. The van der Waals surface area contributed by atoms with Crippen LogP contribution >= 0.6 is 0 Å². The Morgan fingerprint density at radius 1 is 0.471 bits per heavy atom. The molecular weight excluding hydrogens is 631 g/mol. The maximum absolute atomic E-state index is 12.5. The lowest BCUT2D eigenvalue weighted by Crippen LogP contribution is -2.48. The molecule has 0 aliphatic rings. The molecule has 0 saturated heterocycles. The lowest BCUT2D eigenvalue weighted by molar-refractivity contribution is -0.131. The Bertz CT molecular complexity index is 754. The minimum atomic E-state index is -1.11. The molecule has 0 radical (unpaired) electrons. The van der Waals surface area contributed by atoms with Crippen molar-refractivity contribution in [3.63, 3.8) is 0 Å². The summed E-state index contributed by atoms with van der Waals surface area (Å²) in [7, 11) is 0. The van der Waals surface area contributed by atoms with Crippen LogP contribution in [0.25, 0.3) is 0 Å². The predicted molar refractivity (Wildman–Crippen MR) is 222 cm³/mol. The zero-order valence-corrected chi connectivity index (χ0v) is 34.2. The van der Waals surface area contributed by atoms with Crippen LogP contribution in [0.1, 0.15) is 239 Å². The van der Waals surface area contributed by atoms with Gasteiger partial charge in [0, 0.05) is 0 Å². The fourth-order valence-corrected chi connectivity index (χ4v) is 6.94. The summed E-state index contributed by atoms with van der Waals surface area (Å²) in [6.07, 6.45) is 50.7.